The molecule has 0 radical (unpaired) electrons. The Hall–Kier alpha value is -3.49. The summed E-state index contributed by atoms with van der Waals surface area (Å²) in [6.45, 7) is 0. The molecule has 0 unspecified atom stereocenters. The zero-order valence-electron chi connectivity index (χ0n) is 12.9. The number of alkyl halides is 3. The summed E-state index contributed by atoms with van der Waals surface area (Å²) >= 11 is 0. The van der Waals surface area contributed by atoms with Crippen LogP contribution in [0.4, 0.5) is 13.2 Å². The van der Waals surface area contributed by atoms with Gasteiger partial charge in [-0.05, 0) is 18.2 Å². The van der Waals surface area contributed by atoms with Crippen molar-refractivity contribution in [2.45, 2.75) is 6.18 Å². The average Bonchev–Trinajstić information content (AvgIpc) is 2.59. The smallest absolute Gasteiger partial charge is 0.434 e. The van der Waals surface area contributed by atoms with Crippen molar-refractivity contribution in [2.75, 3.05) is 0 Å². The van der Waals surface area contributed by atoms with Gasteiger partial charge in [0.25, 0.3) is 0 Å². The number of nitrogens with zero attached hydrogens (tertiary/aromatic N) is 4. The maximum atomic E-state index is 12.9. The molecule has 4 aromatic rings. The molecule has 0 aliphatic carbocycles. The van der Waals surface area contributed by atoms with E-state index in [4.69, 9.17) is 0 Å². The number of phenols is 2. The summed E-state index contributed by atoms with van der Waals surface area (Å²) in [7, 11) is 0. The highest BCUT2D eigenvalue weighted by atomic mass is 19.4. The number of fused-ring (bicyclic) bond motifs is 2. The van der Waals surface area contributed by atoms with Crippen LogP contribution < -0.4 is 0 Å². The first-order valence-electron chi connectivity index (χ1n) is 7.33. The molecule has 0 saturated heterocycles. The van der Waals surface area contributed by atoms with Gasteiger partial charge in [0.15, 0.2) is 5.69 Å². The Kier molecular flexibility index (Phi) is 3.39. The third-order valence-corrected chi connectivity index (χ3v) is 3.86. The molecule has 2 aromatic heterocycles. The SMILES string of the molecule is Oc1cc(-c2c(O)ccc3ncncc23)c2ncc(C(F)(F)F)nc2c1. The van der Waals surface area contributed by atoms with Crippen molar-refractivity contribution < 1.29 is 23.4 Å². The quantitative estimate of drug-likeness (QED) is 0.539. The molecule has 0 saturated carbocycles. The van der Waals surface area contributed by atoms with E-state index in [9.17, 15) is 23.4 Å². The zero-order chi connectivity index (χ0) is 18.5. The van der Waals surface area contributed by atoms with Crippen LogP contribution in [0.2, 0.25) is 0 Å². The van der Waals surface area contributed by atoms with Gasteiger partial charge in [-0.15, -0.1) is 0 Å². The lowest BCUT2D eigenvalue weighted by Gasteiger charge is -2.12. The average molecular weight is 358 g/mol. The monoisotopic (exact) mass is 358 g/mol. The number of benzene rings is 2. The minimum Gasteiger partial charge on any atom is -0.508 e. The number of aromatic hydroxyl groups is 2. The lowest BCUT2D eigenvalue weighted by atomic mass is 9.98. The maximum absolute atomic E-state index is 12.9. The van der Waals surface area contributed by atoms with Crippen molar-refractivity contribution in [3.63, 3.8) is 0 Å². The van der Waals surface area contributed by atoms with Gasteiger partial charge in [0.2, 0.25) is 0 Å². The Balaban J connectivity index is 2.09. The van der Waals surface area contributed by atoms with E-state index in [-0.39, 0.29) is 33.7 Å². The van der Waals surface area contributed by atoms with E-state index in [1.165, 1.54) is 24.7 Å². The van der Waals surface area contributed by atoms with E-state index in [0.717, 1.165) is 6.07 Å². The Morgan fingerprint density at radius 2 is 1.73 bits per heavy atom. The minimum atomic E-state index is -4.66. The van der Waals surface area contributed by atoms with Crippen LogP contribution in [0.1, 0.15) is 5.69 Å². The highest BCUT2D eigenvalue weighted by Crippen LogP contribution is 2.40. The molecule has 2 aromatic carbocycles. The van der Waals surface area contributed by atoms with Gasteiger partial charge in [-0.1, -0.05) is 0 Å². The van der Waals surface area contributed by atoms with Gasteiger partial charge in [-0.3, -0.25) is 4.98 Å². The third kappa shape index (κ3) is 2.53. The first-order chi connectivity index (χ1) is 12.3. The summed E-state index contributed by atoms with van der Waals surface area (Å²) in [6.07, 6.45) is -1.26. The Bertz CT molecular complexity index is 1160. The maximum Gasteiger partial charge on any atom is 0.434 e. The molecule has 9 heteroatoms. The van der Waals surface area contributed by atoms with Crippen LogP contribution in [0, 0.1) is 0 Å². The minimum absolute atomic E-state index is 0.0995. The van der Waals surface area contributed by atoms with Crippen LogP contribution in [-0.2, 0) is 6.18 Å². The lowest BCUT2D eigenvalue weighted by Crippen LogP contribution is -2.08. The Morgan fingerprint density at radius 3 is 2.50 bits per heavy atom. The molecule has 0 amide bonds. The molecule has 2 heterocycles. The van der Waals surface area contributed by atoms with Gasteiger partial charge in [-0.25, -0.2) is 15.0 Å². The Labute approximate surface area is 143 Å². The van der Waals surface area contributed by atoms with Crippen molar-refractivity contribution in [1.82, 2.24) is 19.9 Å². The van der Waals surface area contributed by atoms with Crippen LogP contribution in [0.25, 0.3) is 33.1 Å². The number of phenolic OH excluding ortho intramolecular Hbond substituents is 2. The predicted molar refractivity (Wildman–Crippen MR) is 86.4 cm³/mol. The van der Waals surface area contributed by atoms with Gasteiger partial charge in [0, 0.05) is 28.8 Å². The summed E-state index contributed by atoms with van der Waals surface area (Å²) in [5.41, 5.74) is -0.237. The van der Waals surface area contributed by atoms with E-state index in [1.54, 1.807) is 6.07 Å². The number of hydrogen-bond donors (Lipinski definition) is 2. The Morgan fingerprint density at radius 1 is 0.923 bits per heavy atom. The molecule has 0 aliphatic rings. The van der Waals surface area contributed by atoms with E-state index in [1.807, 2.05) is 0 Å². The van der Waals surface area contributed by atoms with Crippen molar-refractivity contribution >= 4 is 21.9 Å². The fourth-order valence-electron chi connectivity index (χ4n) is 2.76. The molecular formula is C17H9F3N4O2. The molecule has 0 bridgehead atoms. The second-order valence-electron chi connectivity index (χ2n) is 5.53. The van der Waals surface area contributed by atoms with Crippen LogP contribution in [-0.4, -0.2) is 30.1 Å². The van der Waals surface area contributed by atoms with E-state index in [0.29, 0.717) is 17.1 Å². The second kappa shape index (κ2) is 5.51. The fraction of sp³-hybridized carbons (Fsp3) is 0.0588. The molecule has 0 spiro atoms. The van der Waals surface area contributed by atoms with Crippen molar-refractivity contribution in [3.05, 3.63) is 48.7 Å². The van der Waals surface area contributed by atoms with Crippen molar-refractivity contribution in [3.8, 4) is 22.6 Å². The first kappa shape index (κ1) is 16.0. The normalized spacial score (nSPS) is 12.0. The molecule has 0 fully saturated rings. The lowest BCUT2D eigenvalue weighted by molar-refractivity contribution is -0.141. The standard InChI is InChI=1S/C17H9F3N4O2/c18-17(19,20)14-6-22-16-9(3-8(25)4-12(16)24-14)15-10-5-21-7-23-11(10)1-2-13(15)26/h1-7,25-26H. The first-order valence-corrected chi connectivity index (χ1v) is 7.33. The summed E-state index contributed by atoms with van der Waals surface area (Å²) in [5.74, 6) is -0.463. The molecule has 6 nitrogen and oxygen atoms in total. The zero-order valence-corrected chi connectivity index (χ0v) is 12.9. The van der Waals surface area contributed by atoms with Gasteiger partial charge in [0.05, 0.1) is 22.7 Å². The molecule has 0 aliphatic heterocycles. The van der Waals surface area contributed by atoms with Gasteiger partial charge in [0.1, 0.15) is 17.8 Å². The third-order valence-electron chi connectivity index (χ3n) is 3.86. The van der Waals surface area contributed by atoms with Crippen molar-refractivity contribution in [2.24, 2.45) is 0 Å². The number of halogens is 3. The highest BCUT2D eigenvalue weighted by molar-refractivity contribution is 6.04. The number of aromatic nitrogens is 4. The second-order valence-corrected chi connectivity index (χ2v) is 5.53. The van der Waals surface area contributed by atoms with Crippen LogP contribution in [0.3, 0.4) is 0 Å². The van der Waals surface area contributed by atoms with Gasteiger partial charge < -0.3 is 10.2 Å². The summed E-state index contributed by atoms with van der Waals surface area (Å²) in [5, 5.41) is 20.8. The fourth-order valence-corrected chi connectivity index (χ4v) is 2.76. The molecule has 26 heavy (non-hydrogen) atoms. The predicted octanol–water partition coefficient (Wildman–Crippen LogP) is 3.67. The van der Waals surface area contributed by atoms with E-state index < -0.39 is 11.9 Å². The van der Waals surface area contributed by atoms with Gasteiger partial charge in [-0.2, -0.15) is 13.2 Å². The topological polar surface area (TPSA) is 92.0 Å². The molecule has 130 valence electrons. The van der Waals surface area contributed by atoms with Crippen LogP contribution >= 0.6 is 0 Å². The van der Waals surface area contributed by atoms with Crippen molar-refractivity contribution in [1.29, 1.82) is 0 Å². The number of rotatable bonds is 1. The summed E-state index contributed by atoms with van der Waals surface area (Å²) < 4.78 is 38.7. The highest BCUT2D eigenvalue weighted by Gasteiger charge is 2.33. The molecule has 2 N–H and O–H groups in total. The molecular weight excluding hydrogens is 349 g/mol. The molecule has 4 rings (SSSR count). The van der Waals surface area contributed by atoms with E-state index in [2.05, 4.69) is 19.9 Å². The summed E-state index contributed by atoms with van der Waals surface area (Å²) in [6, 6.07) is 5.36. The number of hydrogen-bond acceptors (Lipinski definition) is 6. The summed E-state index contributed by atoms with van der Waals surface area (Å²) in [4.78, 5) is 15.4. The molecule has 0 atom stereocenters. The van der Waals surface area contributed by atoms with Crippen LogP contribution in [0.15, 0.2) is 43.0 Å². The van der Waals surface area contributed by atoms with E-state index >= 15 is 0 Å². The van der Waals surface area contributed by atoms with Crippen LogP contribution in [0.5, 0.6) is 11.5 Å². The van der Waals surface area contributed by atoms with Gasteiger partial charge >= 0.3 is 6.18 Å². The largest absolute Gasteiger partial charge is 0.508 e.